The number of aryl methyl sites for hydroxylation is 2. The molecule has 1 heterocycles. The Labute approximate surface area is 93.7 Å². The number of nitrogens with one attached hydrogen (secondary N) is 1. The van der Waals surface area contributed by atoms with Gasteiger partial charge >= 0.3 is 5.97 Å². The van der Waals surface area contributed by atoms with Crippen LogP contribution in [0.15, 0.2) is 6.07 Å². The topological polar surface area (TPSA) is 84.3 Å². The third-order valence-corrected chi connectivity index (χ3v) is 1.92. The molecule has 1 atom stereocenters. The number of carbonyl (C=O) groups is 1. The van der Waals surface area contributed by atoms with Gasteiger partial charge < -0.3 is 15.2 Å². The van der Waals surface area contributed by atoms with Crippen LogP contribution in [0.2, 0.25) is 0 Å². The molecule has 6 nitrogen and oxygen atoms in total. The average molecular weight is 225 g/mol. The standard InChI is InChI=1S/C10H15N3O3/c1-6-4-9(12-7(2)11-6)13-8(5-16-3)10(14)15/h4,8H,5H2,1-3H3,(H,14,15)(H,11,12,13). The van der Waals surface area contributed by atoms with Crippen LogP contribution in [0.5, 0.6) is 0 Å². The molecule has 0 spiro atoms. The van der Waals surface area contributed by atoms with Crippen LogP contribution in [-0.2, 0) is 9.53 Å². The second kappa shape index (κ2) is 5.41. The van der Waals surface area contributed by atoms with Crippen molar-refractivity contribution in [3.05, 3.63) is 17.6 Å². The molecule has 16 heavy (non-hydrogen) atoms. The SMILES string of the molecule is COCC(Nc1cc(C)nc(C)n1)C(=O)O. The minimum atomic E-state index is -0.976. The first kappa shape index (κ1) is 12.4. The number of hydrogen-bond donors (Lipinski definition) is 2. The minimum Gasteiger partial charge on any atom is -0.480 e. The first-order valence-corrected chi connectivity index (χ1v) is 4.83. The van der Waals surface area contributed by atoms with Crippen molar-refractivity contribution in [1.82, 2.24) is 9.97 Å². The zero-order valence-electron chi connectivity index (χ0n) is 9.52. The summed E-state index contributed by atoms with van der Waals surface area (Å²) in [7, 11) is 1.45. The van der Waals surface area contributed by atoms with Gasteiger partial charge in [-0.2, -0.15) is 0 Å². The van der Waals surface area contributed by atoms with Crippen LogP contribution in [0.1, 0.15) is 11.5 Å². The van der Waals surface area contributed by atoms with Crippen molar-refractivity contribution in [2.24, 2.45) is 0 Å². The Morgan fingerprint density at radius 2 is 2.25 bits per heavy atom. The number of hydrogen-bond acceptors (Lipinski definition) is 5. The molecule has 1 rings (SSSR count). The summed E-state index contributed by atoms with van der Waals surface area (Å²) in [5.41, 5.74) is 0.788. The Morgan fingerprint density at radius 3 is 2.75 bits per heavy atom. The summed E-state index contributed by atoms with van der Waals surface area (Å²) < 4.78 is 4.81. The Morgan fingerprint density at radius 1 is 1.56 bits per heavy atom. The first-order valence-electron chi connectivity index (χ1n) is 4.83. The van der Waals surface area contributed by atoms with Crippen LogP contribution in [0.25, 0.3) is 0 Å². The number of anilines is 1. The first-order chi connectivity index (χ1) is 7.52. The van der Waals surface area contributed by atoms with Gasteiger partial charge in [-0.1, -0.05) is 0 Å². The highest BCUT2D eigenvalue weighted by Crippen LogP contribution is 2.07. The second-order valence-electron chi connectivity index (χ2n) is 3.43. The van der Waals surface area contributed by atoms with Crippen LogP contribution < -0.4 is 5.32 Å². The van der Waals surface area contributed by atoms with E-state index in [1.54, 1.807) is 13.0 Å². The lowest BCUT2D eigenvalue weighted by molar-refractivity contribution is -0.139. The summed E-state index contributed by atoms with van der Waals surface area (Å²) in [5.74, 6) is 0.120. The molecule has 2 N–H and O–H groups in total. The number of carboxylic acid groups (broad SMARTS) is 1. The number of aromatic nitrogens is 2. The van der Waals surface area contributed by atoms with Gasteiger partial charge in [0.05, 0.1) is 6.61 Å². The van der Waals surface area contributed by atoms with E-state index in [9.17, 15) is 4.79 Å². The van der Waals surface area contributed by atoms with Crippen molar-refractivity contribution in [3.63, 3.8) is 0 Å². The molecule has 0 amide bonds. The molecular weight excluding hydrogens is 210 g/mol. The van der Waals surface area contributed by atoms with E-state index >= 15 is 0 Å². The predicted molar refractivity (Wildman–Crippen MR) is 58.4 cm³/mol. The van der Waals surface area contributed by atoms with Crippen LogP contribution in [-0.4, -0.2) is 40.8 Å². The highest BCUT2D eigenvalue weighted by Gasteiger charge is 2.17. The molecule has 0 bridgehead atoms. The van der Waals surface area contributed by atoms with Gasteiger partial charge in [-0.3, -0.25) is 0 Å². The fraction of sp³-hybridized carbons (Fsp3) is 0.500. The average Bonchev–Trinajstić information content (AvgIpc) is 2.15. The fourth-order valence-electron chi connectivity index (χ4n) is 1.31. The fourth-order valence-corrected chi connectivity index (χ4v) is 1.31. The summed E-state index contributed by atoms with van der Waals surface area (Å²) in [6, 6.07) is 0.886. The molecule has 0 radical (unpaired) electrons. The number of aliphatic carboxylic acids is 1. The Kier molecular flexibility index (Phi) is 4.19. The third-order valence-electron chi connectivity index (χ3n) is 1.92. The molecular formula is C10H15N3O3. The van der Waals surface area contributed by atoms with E-state index in [2.05, 4.69) is 15.3 Å². The summed E-state index contributed by atoms with van der Waals surface area (Å²) in [6.07, 6.45) is 0. The van der Waals surface area contributed by atoms with Crippen molar-refractivity contribution >= 4 is 11.8 Å². The zero-order chi connectivity index (χ0) is 12.1. The highest BCUT2D eigenvalue weighted by molar-refractivity contribution is 5.77. The lowest BCUT2D eigenvalue weighted by atomic mass is 10.3. The number of ether oxygens (including phenoxy) is 1. The van der Waals surface area contributed by atoms with E-state index in [4.69, 9.17) is 9.84 Å². The molecule has 1 aromatic rings. The van der Waals surface area contributed by atoms with Crippen LogP contribution in [0, 0.1) is 13.8 Å². The lowest BCUT2D eigenvalue weighted by Gasteiger charge is -2.14. The Bertz CT molecular complexity index is 361. The monoisotopic (exact) mass is 225 g/mol. The molecule has 1 aromatic heterocycles. The summed E-state index contributed by atoms with van der Waals surface area (Å²) in [6.45, 7) is 3.66. The summed E-state index contributed by atoms with van der Waals surface area (Å²) in [4.78, 5) is 19.1. The Hall–Kier alpha value is -1.69. The van der Waals surface area contributed by atoms with Crippen molar-refractivity contribution in [1.29, 1.82) is 0 Å². The van der Waals surface area contributed by atoms with E-state index in [1.165, 1.54) is 7.11 Å². The van der Waals surface area contributed by atoms with Gasteiger partial charge in [-0.05, 0) is 13.8 Å². The number of methoxy groups -OCH3 is 1. The summed E-state index contributed by atoms with van der Waals surface area (Å²) >= 11 is 0. The van der Waals surface area contributed by atoms with Crippen LogP contribution in [0.4, 0.5) is 5.82 Å². The second-order valence-corrected chi connectivity index (χ2v) is 3.43. The molecule has 0 aliphatic carbocycles. The van der Waals surface area contributed by atoms with E-state index in [0.717, 1.165) is 5.69 Å². The largest absolute Gasteiger partial charge is 0.480 e. The van der Waals surface area contributed by atoms with Crippen molar-refractivity contribution < 1.29 is 14.6 Å². The summed E-state index contributed by atoms with van der Waals surface area (Å²) in [5, 5.41) is 11.7. The zero-order valence-corrected chi connectivity index (χ0v) is 9.52. The van der Waals surface area contributed by atoms with E-state index in [-0.39, 0.29) is 6.61 Å². The lowest BCUT2D eigenvalue weighted by Crippen LogP contribution is -2.34. The molecule has 0 fully saturated rings. The third kappa shape index (κ3) is 3.47. The molecule has 0 saturated carbocycles. The van der Waals surface area contributed by atoms with Gasteiger partial charge in [-0.15, -0.1) is 0 Å². The Balaban J connectivity index is 2.80. The van der Waals surface area contributed by atoms with E-state index in [0.29, 0.717) is 11.6 Å². The molecule has 0 aliphatic heterocycles. The molecule has 1 unspecified atom stereocenters. The maximum atomic E-state index is 10.9. The van der Waals surface area contributed by atoms with E-state index in [1.807, 2.05) is 6.92 Å². The van der Waals surface area contributed by atoms with Crippen molar-refractivity contribution in [2.45, 2.75) is 19.9 Å². The minimum absolute atomic E-state index is 0.0808. The van der Waals surface area contributed by atoms with Gasteiger partial charge in [0.1, 0.15) is 17.7 Å². The van der Waals surface area contributed by atoms with Gasteiger partial charge in [0.25, 0.3) is 0 Å². The van der Waals surface area contributed by atoms with Crippen molar-refractivity contribution in [3.8, 4) is 0 Å². The van der Waals surface area contributed by atoms with Crippen LogP contribution in [0.3, 0.4) is 0 Å². The molecule has 0 aliphatic rings. The number of nitrogens with zero attached hydrogens (tertiary/aromatic N) is 2. The normalized spacial score (nSPS) is 12.2. The van der Waals surface area contributed by atoms with Gasteiger partial charge in [0.15, 0.2) is 0 Å². The molecule has 6 heteroatoms. The smallest absolute Gasteiger partial charge is 0.328 e. The van der Waals surface area contributed by atoms with Gasteiger partial charge in [0, 0.05) is 18.9 Å². The van der Waals surface area contributed by atoms with Crippen molar-refractivity contribution in [2.75, 3.05) is 19.0 Å². The van der Waals surface area contributed by atoms with Crippen LogP contribution >= 0.6 is 0 Å². The molecule has 88 valence electrons. The molecule has 0 aromatic carbocycles. The predicted octanol–water partition coefficient (Wildman–Crippen LogP) is 0.605. The maximum absolute atomic E-state index is 10.9. The number of rotatable bonds is 5. The highest BCUT2D eigenvalue weighted by atomic mass is 16.5. The molecule has 0 saturated heterocycles. The van der Waals surface area contributed by atoms with E-state index < -0.39 is 12.0 Å². The number of carboxylic acids is 1. The van der Waals surface area contributed by atoms with Gasteiger partial charge in [0.2, 0.25) is 0 Å². The maximum Gasteiger partial charge on any atom is 0.328 e. The van der Waals surface area contributed by atoms with Gasteiger partial charge in [-0.25, -0.2) is 14.8 Å². The quantitative estimate of drug-likeness (QED) is 0.763.